The maximum absolute atomic E-state index is 13.3. The van der Waals surface area contributed by atoms with Gasteiger partial charge in [0.15, 0.2) is 0 Å². The standard InChI is InChI=1S/C27H21FN4O/c1-18-6-2-3-7-22(18)26-14-24(23-8-4-5-9-25(23)31-26)27(33)30-21-15-29-32(17-21)16-19-10-12-20(28)13-11-19/h2-15,17H,16H2,1H3,(H,30,33). The summed E-state index contributed by atoms with van der Waals surface area (Å²) < 4.78 is 14.8. The molecule has 0 aliphatic carbocycles. The highest BCUT2D eigenvalue weighted by Crippen LogP contribution is 2.27. The van der Waals surface area contributed by atoms with Crippen LogP contribution in [0.3, 0.4) is 0 Å². The van der Waals surface area contributed by atoms with Crippen molar-refractivity contribution in [3.63, 3.8) is 0 Å². The van der Waals surface area contributed by atoms with Crippen LogP contribution in [0, 0.1) is 12.7 Å². The average molecular weight is 436 g/mol. The predicted octanol–water partition coefficient (Wildman–Crippen LogP) is 5.85. The van der Waals surface area contributed by atoms with E-state index in [9.17, 15) is 9.18 Å². The number of hydrogen-bond donors (Lipinski definition) is 1. The number of rotatable bonds is 5. The molecule has 0 atom stereocenters. The van der Waals surface area contributed by atoms with Crippen LogP contribution in [0.5, 0.6) is 0 Å². The number of aryl methyl sites for hydroxylation is 1. The quantitative estimate of drug-likeness (QED) is 0.376. The normalized spacial score (nSPS) is 11.0. The van der Waals surface area contributed by atoms with Gasteiger partial charge in [-0.3, -0.25) is 9.48 Å². The number of anilines is 1. The SMILES string of the molecule is Cc1ccccc1-c1cc(C(=O)Nc2cnn(Cc3ccc(F)cc3)c2)c2ccccc2n1. The molecule has 2 heterocycles. The highest BCUT2D eigenvalue weighted by Gasteiger charge is 2.15. The van der Waals surface area contributed by atoms with Gasteiger partial charge in [-0.15, -0.1) is 0 Å². The Bertz CT molecular complexity index is 1460. The van der Waals surface area contributed by atoms with Crippen LogP contribution >= 0.6 is 0 Å². The van der Waals surface area contributed by atoms with E-state index in [1.807, 2.05) is 61.5 Å². The lowest BCUT2D eigenvalue weighted by molar-refractivity contribution is 0.102. The van der Waals surface area contributed by atoms with Crippen molar-refractivity contribution in [2.24, 2.45) is 0 Å². The zero-order valence-corrected chi connectivity index (χ0v) is 18.0. The second-order valence-corrected chi connectivity index (χ2v) is 7.89. The number of fused-ring (bicyclic) bond motifs is 1. The third kappa shape index (κ3) is 4.36. The van der Waals surface area contributed by atoms with Gasteiger partial charge in [-0.2, -0.15) is 5.10 Å². The van der Waals surface area contributed by atoms with Crippen LogP contribution < -0.4 is 5.32 Å². The lowest BCUT2D eigenvalue weighted by Crippen LogP contribution is -2.13. The third-order valence-corrected chi connectivity index (χ3v) is 5.53. The first-order valence-electron chi connectivity index (χ1n) is 10.6. The van der Waals surface area contributed by atoms with E-state index in [2.05, 4.69) is 10.4 Å². The van der Waals surface area contributed by atoms with E-state index in [0.717, 1.165) is 33.3 Å². The summed E-state index contributed by atoms with van der Waals surface area (Å²) >= 11 is 0. The van der Waals surface area contributed by atoms with E-state index in [4.69, 9.17) is 4.98 Å². The zero-order chi connectivity index (χ0) is 22.8. The first-order valence-corrected chi connectivity index (χ1v) is 10.6. The molecule has 0 spiro atoms. The van der Waals surface area contributed by atoms with E-state index >= 15 is 0 Å². The van der Waals surface area contributed by atoms with Crippen molar-refractivity contribution in [1.82, 2.24) is 14.8 Å². The van der Waals surface area contributed by atoms with E-state index in [1.165, 1.54) is 12.1 Å². The monoisotopic (exact) mass is 436 g/mol. The van der Waals surface area contributed by atoms with Crippen molar-refractivity contribution >= 4 is 22.5 Å². The Balaban J connectivity index is 1.44. The van der Waals surface area contributed by atoms with Crippen molar-refractivity contribution in [2.75, 3.05) is 5.32 Å². The maximum atomic E-state index is 13.3. The molecule has 0 bridgehead atoms. The molecule has 162 valence electrons. The number of nitrogens with zero attached hydrogens (tertiary/aromatic N) is 3. The number of pyridine rings is 1. The summed E-state index contributed by atoms with van der Waals surface area (Å²) in [6.45, 7) is 2.51. The minimum absolute atomic E-state index is 0.232. The smallest absolute Gasteiger partial charge is 0.256 e. The summed E-state index contributed by atoms with van der Waals surface area (Å²) in [5.74, 6) is -0.508. The van der Waals surface area contributed by atoms with Crippen LogP contribution in [-0.4, -0.2) is 20.7 Å². The second kappa shape index (κ2) is 8.67. The molecule has 6 heteroatoms. The van der Waals surface area contributed by atoms with Crippen LogP contribution in [0.25, 0.3) is 22.2 Å². The van der Waals surface area contributed by atoms with E-state index in [0.29, 0.717) is 17.8 Å². The Kier molecular flexibility index (Phi) is 5.40. The number of hydrogen-bond acceptors (Lipinski definition) is 3. The molecule has 0 aliphatic rings. The number of carbonyl (C=O) groups is 1. The van der Waals surface area contributed by atoms with Crippen LogP contribution in [0.15, 0.2) is 91.3 Å². The topological polar surface area (TPSA) is 59.8 Å². The van der Waals surface area contributed by atoms with Gasteiger partial charge in [-0.05, 0) is 42.3 Å². The van der Waals surface area contributed by atoms with Gasteiger partial charge in [0.2, 0.25) is 0 Å². The van der Waals surface area contributed by atoms with Crippen LogP contribution in [-0.2, 0) is 6.54 Å². The van der Waals surface area contributed by atoms with Crippen LogP contribution in [0.4, 0.5) is 10.1 Å². The number of aromatic nitrogens is 3. The maximum Gasteiger partial charge on any atom is 0.256 e. The second-order valence-electron chi connectivity index (χ2n) is 7.89. The molecule has 0 fully saturated rings. The van der Waals surface area contributed by atoms with E-state index in [1.54, 1.807) is 29.2 Å². The highest BCUT2D eigenvalue weighted by molar-refractivity contribution is 6.13. The van der Waals surface area contributed by atoms with Crippen molar-refractivity contribution in [3.8, 4) is 11.3 Å². The van der Waals surface area contributed by atoms with Crippen molar-refractivity contribution < 1.29 is 9.18 Å². The van der Waals surface area contributed by atoms with Gasteiger partial charge in [0.1, 0.15) is 5.82 Å². The molecule has 0 saturated carbocycles. The molecule has 0 unspecified atom stereocenters. The van der Waals surface area contributed by atoms with Gasteiger partial charge < -0.3 is 5.32 Å². The molecule has 5 nitrogen and oxygen atoms in total. The highest BCUT2D eigenvalue weighted by atomic mass is 19.1. The fraction of sp³-hybridized carbons (Fsp3) is 0.0741. The lowest BCUT2D eigenvalue weighted by atomic mass is 10.0. The predicted molar refractivity (Wildman–Crippen MR) is 128 cm³/mol. The summed E-state index contributed by atoms with van der Waals surface area (Å²) in [4.78, 5) is 18.1. The fourth-order valence-corrected chi connectivity index (χ4v) is 3.85. The molecule has 5 rings (SSSR count). The first-order chi connectivity index (χ1) is 16.1. The molecule has 5 aromatic rings. The Morgan fingerprint density at radius 2 is 1.76 bits per heavy atom. The Labute approximate surface area is 190 Å². The molecule has 1 N–H and O–H groups in total. The summed E-state index contributed by atoms with van der Waals surface area (Å²) in [5.41, 5.74) is 5.64. The van der Waals surface area contributed by atoms with Crippen molar-refractivity contribution in [3.05, 3.63) is 114 Å². The summed E-state index contributed by atoms with van der Waals surface area (Å²) in [6, 6.07) is 23.7. The number of para-hydroxylation sites is 1. The van der Waals surface area contributed by atoms with Crippen molar-refractivity contribution in [1.29, 1.82) is 0 Å². The van der Waals surface area contributed by atoms with Gasteiger partial charge in [-0.1, -0.05) is 54.6 Å². The van der Waals surface area contributed by atoms with Gasteiger partial charge >= 0.3 is 0 Å². The van der Waals surface area contributed by atoms with Gasteiger partial charge in [0.05, 0.1) is 35.2 Å². The average Bonchev–Trinajstić information content (AvgIpc) is 3.26. The van der Waals surface area contributed by atoms with E-state index in [-0.39, 0.29) is 11.7 Å². The Hall–Kier alpha value is -4.32. The molecule has 3 aromatic carbocycles. The largest absolute Gasteiger partial charge is 0.319 e. The molecular formula is C27H21FN4O. The first kappa shape index (κ1) is 20.6. The van der Waals surface area contributed by atoms with E-state index < -0.39 is 0 Å². The minimum Gasteiger partial charge on any atom is -0.319 e. The molecule has 0 aliphatic heterocycles. The Morgan fingerprint density at radius 3 is 2.58 bits per heavy atom. The fourth-order valence-electron chi connectivity index (χ4n) is 3.85. The number of benzene rings is 3. The van der Waals surface area contributed by atoms with Crippen LogP contribution in [0.1, 0.15) is 21.5 Å². The minimum atomic E-state index is -0.276. The van der Waals surface area contributed by atoms with Gasteiger partial charge in [0, 0.05) is 17.1 Å². The summed E-state index contributed by atoms with van der Waals surface area (Å²) in [6.07, 6.45) is 3.36. The number of halogens is 1. The summed E-state index contributed by atoms with van der Waals surface area (Å²) in [5, 5.41) is 8.05. The molecule has 0 radical (unpaired) electrons. The number of nitrogens with one attached hydrogen (secondary N) is 1. The molecule has 2 aromatic heterocycles. The number of amides is 1. The Morgan fingerprint density at radius 1 is 1.00 bits per heavy atom. The number of carbonyl (C=O) groups excluding carboxylic acids is 1. The van der Waals surface area contributed by atoms with Crippen LogP contribution in [0.2, 0.25) is 0 Å². The summed E-state index contributed by atoms with van der Waals surface area (Å²) in [7, 11) is 0. The zero-order valence-electron chi connectivity index (χ0n) is 18.0. The lowest BCUT2D eigenvalue weighted by Gasteiger charge is -2.11. The molecule has 1 amide bonds. The molecule has 0 saturated heterocycles. The third-order valence-electron chi connectivity index (χ3n) is 5.53. The van der Waals surface area contributed by atoms with Gasteiger partial charge in [0.25, 0.3) is 5.91 Å². The molecular weight excluding hydrogens is 415 g/mol. The van der Waals surface area contributed by atoms with Gasteiger partial charge in [-0.25, -0.2) is 9.37 Å². The van der Waals surface area contributed by atoms with Crippen molar-refractivity contribution in [2.45, 2.75) is 13.5 Å². The molecule has 33 heavy (non-hydrogen) atoms.